The third kappa shape index (κ3) is 2.33. The summed E-state index contributed by atoms with van der Waals surface area (Å²) >= 11 is 1.69. The average Bonchev–Trinajstić information content (AvgIpc) is 2.54. The number of anilines is 1. The molecule has 98 valence electrons. The Kier molecular flexibility index (Phi) is 3.29. The lowest BCUT2D eigenvalue weighted by atomic mass is 10.1. The van der Waals surface area contributed by atoms with Crippen LogP contribution in [0.2, 0.25) is 0 Å². The van der Waals surface area contributed by atoms with Crippen molar-refractivity contribution in [2.24, 2.45) is 0 Å². The first kappa shape index (κ1) is 13.2. The SMILES string of the molecule is Cc1nc(NC(C)(C)CO)c2c(C)c(C)sc2n1. The van der Waals surface area contributed by atoms with Crippen LogP contribution in [0.3, 0.4) is 0 Å². The van der Waals surface area contributed by atoms with Crippen LogP contribution in [0.1, 0.15) is 30.1 Å². The van der Waals surface area contributed by atoms with Crippen molar-refractivity contribution in [3.05, 3.63) is 16.3 Å². The number of aromatic nitrogens is 2. The molecule has 0 amide bonds. The number of aliphatic hydroxyl groups is 1. The van der Waals surface area contributed by atoms with Crippen LogP contribution in [0.25, 0.3) is 10.2 Å². The van der Waals surface area contributed by atoms with Gasteiger partial charge in [-0.1, -0.05) is 0 Å². The number of aliphatic hydroxyl groups excluding tert-OH is 1. The quantitative estimate of drug-likeness (QED) is 0.896. The maximum Gasteiger partial charge on any atom is 0.139 e. The van der Waals surface area contributed by atoms with Crippen LogP contribution in [0, 0.1) is 20.8 Å². The van der Waals surface area contributed by atoms with E-state index in [4.69, 9.17) is 0 Å². The fourth-order valence-corrected chi connectivity index (χ4v) is 2.88. The minimum atomic E-state index is -0.393. The van der Waals surface area contributed by atoms with Crippen molar-refractivity contribution >= 4 is 27.4 Å². The van der Waals surface area contributed by atoms with Crippen LogP contribution in [0.15, 0.2) is 0 Å². The fraction of sp³-hybridized carbons (Fsp3) is 0.538. The van der Waals surface area contributed by atoms with Gasteiger partial charge < -0.3 is 10.4 Å². The molecule has 0 saturated heterocycles. The minimum Gasteiger partial charge on any atom is -0.394 e. The molecule has 2 heterocycles. The number of thiophene rings is 1. The molecule has 2 N–H and O–H groups in total. The average molecular weight is 265 g/mol. The molecule has 5 heteroatoms. The minimum absolute atomic E-state index is 0.0553. The molecule has 2 aromatic rings. The second kappa shape index (κ2) is 4.48. The van der Waals surface area contributed by atoms with E-state index in [9.17, 15) is 5.11 Å². The van der Waals surface area contributed by atoms with E-state index in [0.717, 1.165) is 21.9 Å². The van der Waals surface area contributed by atoms with E-state index in [-0.39, 0.29) is 6.61 Å². The lowest BCUT2D eigenvalue weighted by Gasteiger charge is -2.24. The Morgan fingerprint density at radius 1 is 1.22 bits per heavy atom. The summed E-state index contributed by atoms with van der Waals surface area (Å²) < 4.78 is 0. The first-order chi connectivity index (χ1) is 8.34. The van der Waals surface area contributed by atoms with Gasteiger partial charge in [-0.2, -0.15) is 0 Å². The van der Waals surface area contributed by atoms with Crippen LogP contribution in [-0.2, 0) is 0 Å². The van der Waals surface area contributed by atoms with Crippen molar-refractivity contribution in [2.75, 3.05) is 11.9 Å². The van der Waals surface area contributed by atoms with Gasteiger partial charge in [-0.05, 0) is 40.2 Å². The summed E-state index contributed by atoms with van der Waals surface area (Å²) in [6.45, 7) is 10.0. The van der Waals surface area contributed by atoms with Crippen molar-refractivity contribution in [3.63, 3.8) is 0 Å². The van der Waals surface area contributed by atoms with E-state index >= 15 is 0 Å². The van der Waals surface area contributed by atoms with Gasteiger partial charge in [0.25, 0.3) is 0 Å². The first-order valence-electron chi connectivity index (χ1n) is 5.97. The molecule has 0 aliphatic heterocycles. The Morgan fingerprint density at radius 2 is 1.89 bits per heavy atom. The Labute approximate surface area is 111 Å². The summed E-state index contributed by atoms with van der Waals surface area (Å²) in [4.78, 5) is 11.2. The summed E-state index contributed by atoms with van der Waals surface area (Å²) in [6, 6.07) is 0. The molecule has 0 bridgehead atoms. The Bertz CT molecular complexity index is 589. The zero-order valence-corrected chi connectivity index (χ0v) is 12.3. The Morgan fingerprint density at radius 3 is 2.50 bits per heavy atom. The molecule has 0 radical (unpaired) electrons. The van der Waals surface area contributed by atoms with Crippen LogP contribution in [0.4, 0.5) is 5.82 Å². The van der Waals surface area contributed by atoms with Gasteiger partial charge >= 0.3 is 0 Å². The van der Waals surface area contributed by atoms with E-state index in [2.05, 4.69) is 29.1 Å². The van der Waals surface area contributed by atoms with Gasteiger partial charge in [0.2, 0.25) is 0 Å². The number of nitrogens with zero attached hydrogens (tertiary/aromatic N) is 2. The van der Waals surface area contributed by atoms with Gasteiger partial charge in [-0.25, -0.2) is 9.97 Å². The van der Waals surface area contributed by atoms with Crippen molar-refractivity contribution in [1.29, 1.82) is 0 Å². The van der Waals surface area contributed by atoms with Gasteiger partial charge in [0.15, 0.2) is 0 Å². The van der Waals surface area contributed by atoms with Crippen molar-refractivity contribution in [2.45, 2.75) is 40.2 Å². The van der Waals surface area contributed by atoms with E-state index in [0.29, 0.717) is 0 Å². The lowest BCUT2D eigenvalue weighted by molar-refractivity contribution is 0.234. The van der Waals surface area contributed by atoms with Crippen LogP contribution in [-0.4, -0.2) is 27.2 Å². The third-order valence-electron chi connectivity index (χ3n) is 2.99. The monoisotopic (exact) mass is 265 g/mol. The molecule has 4 nitrogen and oxygen atoms in total. The molecular weight excluding hydrogens is 246 g/mol. The van der Waals surface area contributed by atoms with Crippen molar-refractivity contribution in [1.82, 2.24) is 9.97 Å². The largest absolute Gasteiger partial charge is 0.394 e. The second-order valence-corrected chi connectivity index (χ2v) is 6.45. The molecule has 0 aliphatic carbocycles. The number of hydrogen-bond donors (Lipinski definition) is 2. The predicted molar refractivity (Wildman–Crippen MR) is 76.4 cm³/mol. The third-order valence-corrected chi connectivity index (χ3v) is 4.09. The normalized spacial score (nSPS) is 12.1. The number of hydrogen-bond acceptors (Lipinski definition) is 5. The Hall–Kier alpha value is -1.20. The molecule has 0 unspecified atom stereocenters. The highest BCUT2D eigenvalue weighted by Crippen LogP contribution is 2.34. The smallest absolute Gasteiger partial charge is 0.139 e. The van der Waals surface area contributed by atoms with Gasteiger partial charge in [-0.3, -0.25) is 0 Å². The standard InChI is InChI=1S/C13H19N3OS/c1-7-8(2)18-12-10(7)11(14-9(3)15-12)16-13(4,5)6-17/h17H,6H2,1-5H3,(H,14,15,16). The van der Waals surface area contributed by atoms with Gasteiger partial charge in [-0.15, -0.1) is 11.3 Å². The van der Waals surface area contributed by atoms with Crippen LogP contribution < -0.4 is 5.32 Å². The first-order valence-corrected chi connectivity index (χ1v) is 6.79. The highest BCUT2D eigenvalue weighted by molar-refractivity contribution is 7.18. The topological polar surface area (TPSA) is 58.0 Å². The molecule has 2 aromatic heterocycles. The fourth-order valence-electron chi connectivity index (χ4n) is 1.81. The van der Waals surface area contributed by atoms with E-state index < -0.39 is 5.54 Å². The van der Waals surface area contributed by atoms with Gasteiger partial charge in [0.05, 0.1) is 17.5 Å². The molecule has 18 heavy (non-hydrogen) atoms. The highest BCUT2D eigenvalue weighted by Gasteiger charge is 2.20. The molecule has 0 spiro atoms. The zero-order chi connectivity index (χ0) is 13.5. The maximum absolute atomic E-state index is 9.37. The molecular formula is C13H19N3OS. The second-order valence-electron chi connectivity index (χ2n) is 5.25. The molecule has 0 atom stereocenters. The molecule has 0 aromatic carbocycles. The molecule has 0 aliphatic rings. The summed E-state index contributed by atoms with van der Waals surface area (Å²) in [7, 11) is 0. The Balaban J connectivity index is 2.62. The highest BCUT2D eigenvalue weighted by atomic mass is 32.1. The van der Waals surface area contributed by atoms with Crippen LogP contribution in [0.5, 0.6) is 0 Å². The zero-order valence-electron chi connectivity index (χ0n) is 11.5. The lowest BCUT2D eigenvalue weighted by Crippen LogP contribution is -2.35. The summed E-state index contributed by atoms with van der Waals surface area (Å²) in [5.41, 5.74) is 0.821. The summed E-state index contributed by atoms with van der Waals surface area (Å²) in [5.74, 6) is 1.57. The van der Waals surface area contributed by atoms with Crippen molar-refractivity contribution < 1.29 is 5.11 Å². The number of aryl methyl sites for hydroxylation is 3. The van der Waals surface area contributed by atoms with E-state index in [1.807, 2.05) is 20.8 Å². The molecule has 0 saturated carbocycles. The molecule has 0 fully saturated rings. The van der Waals surface area contributed by atoms with Gasteiger partial charge in [0, 0.05) is 4.88 Å². The summed E-state index contributed by atoms with van der Waals surface area (Å²) in [5, 5.41) is 13.8. The van der Waals surface area contributed by atoms with E-state index in [1.165, 1.54) is 10.4 Å². The van der Waals surface area contributed by atoms with Crippen LogP contribution >= 0.6 is 11.3 Å². The maximum atomic E-state index is 9.37. The molecule has 2 rings (SSSR count). The van der Waals surface area contributed by atoms with Crippen molar-refractivity contribution in [3.8, 4) is 0 Å². The summed E-state index contributed by atoms with van der Waals surface area (Å²) in [6.07, 6.45) is 0. The number of nitrogens with one attached hydrogen (secondary N) is 1. The number of fused-ring (bicyclic) bond motifs is 1. The van der Waals surface area contributed by atoms with E-state index in [1.54, 1.807) is 11.3 Å². The predicted octanol–water partition coefficient (Wildman–Crippen LogP) is 2.80. The number of rotatable bonds is 3. The van der Waals surface area contributed by atoms with Gasteiger partial charge in [0.1, 0.15) is 16.5 Å².